The highest BCUT2D eigenvalue weighted by molar-refractivity contribution is 6.31. The molecular formula is C18H22ClN5O. The van der Waals surface area contributed by atoms with Crippen molar-refractivity contribution in [2.24, 2.45) is 0 Å². The van der Waals surface area contributed by atoms with Gasteiger partial charge in [0.25, 0.3) is 5.91 Å². The van der Waals surface area contributed by atoms with Gasteiger partial charge in [0, 0.05) is 50.1 Å². The first kappa shape index (κ1) is 17.6. The Hall–Kier alpha value is -2.18. The number of aromatic nitrogens is 2. The van der Waals surface area contributed by atoms with Crippen molar-refractivity contribution >= 4 is 23.5 Å². The Morgan fingerprint density at radius 2 is 1.84 bits per heavy atom. The molecule has 1 aliphatic heterocycles. The van der Waals surface area contributed by atoms with Crippen molar-refractivity contribution in [3.8, 4) is 0 Å². The molecule has 2 aromatic rings. The third-order valence-corrected chi connectivity index (χ3v) is 4.77. The Balaban J connectivity index is 1.56. The number of rotatable bonds is 5. The number of carbonyl (C=O) groups excluding carboxylic acids is 1. The predicted octanol–water partition coefficient (Wildman–Crippen LogP) is 2.20. The number of halogens is 1. The van der Waals surface area contributed by atoms with Gasteiger partial charge in [0.2, 0.25) is 5.95 Å². The van der Waals surface area contributed by atoms with Crippen LogP contribution in [0, 0.1) is 0 Å². The third-order valence-electron chi connectivity index (χ3n) is 4.40. The molecule has 1 aromatic heterocycles. The summed E-state index contributed by atoms with van der Waals surface area (Å²) in [6, 6.07) is 7.45. The fourth-order valence-corrected chi connectivity index (χ4v) is 2.99. The van der Waals surface area contributed by atoms with Gasteiger partial charge >= 0.3 is 0 Å². The van der Waals surface area contributed by atoms with Gasteiger partial charge < -0.3 is 15.1 Å². The third kappa shape index (κ3) is 4.46. The molecule has 0 aliphatic carbocycles. The smallest absolute Gasteiger partial charge is 0.254 e. The maximum Gasteiger partial charge on any atom is 0.254 e. The van der Waals surface area contributed by atoms with Crippen LogP contribution in [0.1, 0.15) is 22.8 Å². The van der Waals surface area contributed by atoms with E-state index in [1.807, 2.05) is 18.2 Å². The summed E-state index contributed by atoms with van der Waals surface area (Å²) < 4.78 is 0. The lowest BCUT2D eigenvalue weighted by molar-refractivity contribution is 0.0950. The lowest BCUT2D eigenvalue weighted by Gasteiger charge is -2.33. The van der Waals surface area contributed by atoms with Crippen LogP contribution in [0.4, 0.5) is 5.95 Å². The number of anilines is 1. The monoisotopic (exact) mass is 359 g/mol. The van der Waals surface area contributed by atoms with Crippen LogP contribution in [-0.2, 0) is 6.54 Å². The van der Waals surface area contributed by atoms with Crippen LogP contribution < -0.4 is 10.2 Å². The maximum absolute atomic E-state index is 12.2. The molecule has 7 heteroatoms. The van der Waals surface area contributed by atoms with E-state index in [1.54, 1.807) is 18.5 Å². The van der Waals surface area contributed by atoms with Crippen molar-refractivity contribution in [2.75, 3.05) is 37.6 Å². The first-order chi connectivity index (χ1) is 12.2. The molecule has 6 nitrogen and oxygen atoms in total. The summed E-state index contributed by atoms with van der Waals surface area (Å²) in [5.41, 5.74) is 1.33. The van der Waals surface area contributed by atoms with Crippen LogP contribution in [0.5, 0.6) is 0 Å². The lowest BCUT2D eigenvalue weighted by Crippen LogP contribution is -2.46. The number of hydrogen-bond donors (Lipinski definition) is 1. The summed E-state index contributed by atoms with van der Waals surface area (Å²) in [6.45, 7) is 7.46. The van der Waals surface area contributed by atoms with E-state index in [2.05, 4.69) is 32.0 Å². The summed E-state index contributed by atoms with van der Waals surface area (Å²) in [5.74, 6) is 0.473. The van der Waals surface area contributed by atoms with Crippen LogP contribution in [0.3, 0.4) is 0 Å². The molecule has 0 spiro atoms. The van der Waals surface area contributed by atoms with Gasteiger partial charge in [-0.25, -0.2) is 9.97 Å². The molecule has 1 aromatic carbocycles. The number of amides is 1. The number of piperazine rings is 1. The van der Waals surface area contributed by atoms with Gasteiger partial charge in [-0.3, -0.25) is 4.79 Å². The van der Waals surface area contributed by atoms with Gasteiger partial charge in [-0.15, -0.1) is 0 Å². The summed E-state index contributed by atoms with van der Waals surface area (Å²) in [6.07, 6.45) is 3.16. The topological polar surface area (TPSA) is 61.4 Å². The maximum atomic E-state index is 12.2. The summed E-state index contributed by atoms with van der Waals surface area (Å²) in [4.78, 5) is 25.5. The largest absolute Gasteiger partial charge is 0.348 e. The first-order valence-corrected chi connectivity index (χ1v) is 8.86. The van der Waals surface area contributed by atoms with Crippen molar-refractivity contribution in [1.82, 2.24) is 20.2 Å². The van der Waals surface area contributed by atoms with E-state index >= 15 is 0 Å². The van der Waals surface area contributed by atoms with Gasteiger partial charge in [0.1, 0.15) is 0 Å². The molecule has 1 aliphatic rings. The zero-order valence-corrected chi connectivity index (χ0v) is 15.0. The zero-order chi connectivity index (χ0) is 17.6. The normalized spacial score (nSPS) is 15.2. The first-order valence-electron chi connectivity index (χ1n) is 8.48. The van der Waals surface area contributed by atoms with Crippen LogP contribution >= 0.6 is 11.6 Å². The molecule has 25 heavy (non-hydrogen) atoms. The molecular weight excluding hydrogens is 338 g/mol. The van der Waals surface area contributed by atoms with Crippen molar-refractivity contribution in [3.05, 3.63) is 52.8 Å². The van der Waals surface area contributed by atoms with Crippen LogP contribution in [0.25, 0.3) is 0 Å². The molecule has 2 heterocycles. The van der Waals surface area contributed by atoms with E-state index in [0.717, 1.165) is 38.3 Å². The van der Waals surface area contributed by atoms with E-state index in [0.29, 0.717) is 23.1 Å². The second-order valence-corrected chi connectivity index (χ2v) is 6.37. The SMILES string of the molecule is CCN1CCN(c2ncc(C(=O)NCc3ccccc3Cl)cn2)CC1. The second kappa shape index (κ2) is 8.27. The number of nitrogens with one attached hydrogen (secondary N) is 1. The Morgan fingerprint density at radius 1 is 1.16 bits per heavy atom. The molecule has 0 bridgehead atoms. The van der Waals surface area contributed by atoms with Gasteiger partial charge in [0.05, 0.1) is 5.56 Å². The Kier molecular flexibility index (Phi) is 5.83. The number of benzene rings is 1. The molecule has 1 saturated heterocycles. The fourth-order valence-electron chi connectivity index (χ4n) is 2.79. The van der Waals surface area contributed by atoms with Gasteiger partial charge in [0.15, 0.2) is 0 Å². The Labute approximate surface area is 152 Å². The van der Waals surface area contributed by atoms with Crippen LogP contribution in [-0.4, -0.2) is 53.5 Å². The lowest BCUT2D eigenvalue weighted by atomic mass is 10.2. The summed E-state index contributed by atoms with van der Waals surface area (Å²) >= 11 is 6.10. The minimum Gasteiger partial charge on any atom is -0.348 e. The fraction of sp³-hybridized carbons (Fsp3) is 0.389. The predicted molar refractivity (Wildman–Crippen MR) is 99.0 cm³/mol. The van der Waals surface area contributed by atoms with E-state index in [-0.39, 0.29) is 5.91 Å². The molecule has 3 rings (SSSR count). The van der Waals surface area contributed by atoms with E-state index in [1.165, 1.54) is 0 Å². The van der Waals surface area contributed by atoms with Crippen molar-refractivity contribution in [2.45, 2.75) is 13.5 Å². The quantitative estimate of drug-likeness (QED) is 0.886. The highest BCUT2D eigenvalue weighted by atomic mass is 35.5. The molecule has 0 saturated carbocycles. The highest BCUT2D eigenvalue weighted by Crippen LogP contribution is 2.15. The zero-order valence-electron chi connectivity index (χ0n) is 14.3. The van der Waals surface area contributed by atoms with Crippen molar-refractivity contribution in [1.29, 1.82) is 0 Å². The molecule has 0 radical (unpaired) electrons. The van der Waals surface area contributed by atoms with E-state index in [4.69, 9.17) is 11.6 Å². The standard InChI is InChI=1S/C18H22ClN5O/c1-2-23-7-9-24(10-8-23)18-21-12-15(13-22-18)17(25)20-11-14-5-3-4-6-16(14)19/h3-6,12-13H,2,7-11H2,1H3,(H,20,25). The van der Waals surface area contributed by atoms with Gasteiger partial charge in [-0.05, 0) is 18.2 Å². The number of carbonyl (C=O) groups is 1. The molecule has 1 fully saturated rings. The molecule has 0 unspecified atom stereocenters. The Bertz CT molecular complexity index is 714. The number of nitrogens with zero attached hydrogens (tertiary/aromatic N) is 4. The van der Waals surface area contributed by atoms with Crippen LogP contribution in [0.15, 0.2) is 36.7 Å². The average molecular weight is 360 g/mol. The van der Waals surface area contributed by atoms with E-state index < -0.39 is 0 Å². The minimum atomic E-state index is -0.206. The number of likely N-dealkylation sites (N-methyl/N-ethyl adjacent to an activating group) is 1. The average Bonchev–Trinajstić information content (AvgIpc) is 2.67. The summed E-state index contributed by atoms with van der Waals surface area (Å²) in [5, 5.41) is 3.48. The summed E-state index contributed by atoms with van der Waals surface area (Å²) in [7, 11) is 0. The van der Waals surface area contributed by atoms with E-state index in [9.17, 15) is 4.79 Å². The second-order valence-electron chi connectivity index (χ2n) is 5.97. The highest BCUT2D eigenvalue weighted by Gasteiger charge is 2.18. The van der Waals surface area contributed by atoms with Crippen molar-refractivity contribution < 1.29 is 4.79 Å². The molecule has 1 amide bonds. The van der Waals surface area contributed by atoms with Gasteiger partial charge in [-0.1, -0.05) is 36.7 Å². The van der Waals surface area contributed by atoms with Crippen molar-refractivity contribution in [3.63, 3.8) is 0 Å². The molecule has 0 atom stereocenters. The number of hydrogen-bond acceptors (Lipinski definition) is 5. The Morgan fingerprint density at radius 3 is 2.48 bits per heavy atom. The minimum absolute atomic E-state index is 0.206. The van der Waals surface area contributed by atoms with Crippen LogP contribution in [0.2, 0.25) is 5.02 Å². The van der Waals surface area contributed by atoms with Gasteiger partial charge in [-0.2, -0.15) is 0 Å². The molecule has 1 N–H and O–H groups in total. The molecule has 132 valence electrons.